The van der Waals surface area contributed by atoms with Crippen LogP contribution in [0.3, 0.4) is 0 Å². The highest BCUT2D eigenvalue weighted by atomic mass is 16.2. The summed E-state index contributed by atoms with van der Waals surface area (Å²) < 4.78 is 0. The number of nitrogens with two attached hydrogens (primary N) is 1. The van der Waals surface area contributed by atoms with Crippen LogP contribution in [0.2, 0.25) is 0 Å². The molecule has 0 saturated carbocycles. The minimum absolute atomic E-state index is 0.379. The van der Waals surface area contributed by atoms with Gasteiger partial charge in [-0.25, -0.2) is 0 Å². The molecule has 0 aliphatic rings. The van der Waals surface area contributed by atoms with Crippen molar-refractivity contribution in [1.29, 1.82) is 0 Å². The zero-order chi connectivity index (χ0) is 9.68. The van der Waals surface area contributed by atoms with Gasteiger partial charge in [-0.1, -0.05) is 6.07 Å². The van der Waals surface area contributed by atoms with E-state index in [1.807, 2.05) is 5.43 Å². The lowest BCUT2D eigenvalue weighted by atomic mass is 10.2. The van der Waals surface area contributed by atoms with E-state index in [2.05, 4.69) is 5.43 Å². The number of carbonyl (C=O) groups is 2. The SMILES string of the molecule is Nc1cccc(C(=O)NNC=O)c1. The van der Waals surface area contributed by atoms with E-state index < -0.39 is 5.91 Å². The summed E-state index contributed by atoms with van der Waals surface area (Å²) in [6.07, 6.45) is 0.379. The third kappa shape index (κ3) is 2.48. The third-order valence-electron chi connectivity index (χ3n) is 1.39. The van der Waals surface area contributed by atoms with E-state index in [0.29, 0.717) is 17.7 Å². The summed E-state index contributed by atoms with van der Waals surface area (Å²) in [6.45, 7) is 0. The van der Waals surface area contributed by atoms with E-state index in [4.69, 9.17) is 5.73 Å². The molecule has 0 aliphatic heterocycles. The van der Waals surface area contributed by atoms with Crippen molar-refractivity contribution in [3.05, 3.63) is 29.8 Å². The second-order valence-electron chi connectivity index (χ2n) is 2.34. The average molecular weight is 179 g/mol. The van der Waals surface area contributed by atoms with Gasteiger partial charge in [0, 0.05) is 11.3 Å². The molecule has 0 bridgehead atoms. The molecular formula is C8H9N3O2. The van der Waals surface area contributed by atoms with E-state index >= 15 is 0 Å². The lowest BCUT2D eigenvalue weighted by molar-refractivity contribution is -0.110. The smallest absolute Gasteiger partial charge is 0.269 e. The lowest BCUT2D eigenvalue weighted by Gasteiger charge is -2.02. The molecule has 5 heteroatoms. The number of rotatable bonds is 3. The molecule has 13 heavy (non-hydrogen) atoms. The van der Waals surface area contributed by atoms with E-state index in [-0.39, 0.29) is 0 Å². The van der Waals surface area contributed by atoms with Gasteiger partial charge in [-0.15, -0.1) is 0 Å². The first-order valence-corrected chi connectivity index (χ1v) is 3.59. The Bertz CT molecular complexity index is 325. The van der Waals surface area contributed by atoms with Crippen LogP contribution in [0.15, 0.2) is 24.3 Å². The molecule has 0 heterocycles. The van der Waals surface area contributed by atoms with Crippen molar-refractivity contribution < 1.29 is 9.59 Å². The summed E-state index contributed by atoms with van der Waals surface area (Å²) in [6, 6.07) is 6.44. The van der Waals surface area contributed by atoms with Crippen LogP contribution < -0.4 is 16.6 Å². The number of anilines is 1. The van der Waals surface area contributed by atoms with Crippen LogP contribution in [0.4, 0.5) is 5.69 Å². The normalized spacial score (nSPS) is 8.92. The van der Waals surface area contributed by atoms with Crippen molar-refractivity contribution in [1.82, 2.24) is 10.9 Å². The first kappa shape index (κ1) is 9.05. The van der Waals surface area contributed by atoms with Crippen molar-refractivity contribution in [2.45, 2.75) is 0 Å². The number of hydrogen-bond acceptors (Lipinski definition) is 3. The maximum absolute atomic E-state index is 11.2. The Morgan fingerprint density at radius 1 is 1.46 bits per heavy atom. The van der Waals surface area contributed by atoms with E-state index in [9.17, 15) is 9.59 Å². The topological polar surface area (TPSA) is 84.2 Å². The molecule has 0 aromatic heterocycles. The van der Waals surface area contributed by atoms with Crippen LogP contribution in [-0.2, 0) is 4.79 Å². The number of amides is 2. The van der Waals surface area contributed by atoms with E-state index in [1.165, 1.54) is 6.07 Å². The van der Waals surface area contributed by atoms with Crippen LogP contribution >= 0.6 is 0 Å². The maximum Gasteiger partial charge on any atom is 0.269 e. The minimum Gasteiger partial charge on any atom is -0.399 e. The van der Waals surface area contributed by atoms with Crippen molar-refractivity contribution in [3.8, 4) is 0 Å². The van der Waals surface area contributed by atoms with Crippen LogP contribution in [0.1, 0.15) is 10.4 Å². The van der Waals surface area contributed by atoms with Crippen molar-refractivity contribution in [3.63, 3.8) is 0 Å². The fourth-order valence-electron chi connectivity index (χ4n) is 0.847. The van der Waals surface area contributed by atoms with Crippen LogP contribution in [-0.4, -0.2) is 12.3 Å². The fourth-order valence-corrected chi connectivity index (χ4v) is 0.847. The molecule has 2 amide bonds. The van der Waals surface area contributed by atoms with Crippen LogP contribution in [0, 0.1) is 0 Å². The second kappa shape index (κ2) is 4.10. The van der Waals surface area contributed by atoms with Crippen LogP contribution in [0.5, 0.6) is 0 Å². The van der Waals surface area contributed by atoms with Gasteiger partial charge < -0.3 is 5.73 Å². The molecule has 0 atom stereocenters. The van der Waals surface area contributed by atoms with Crippen LogP contribution in [0.25, 0.3) is 0 Å². The summed E-state index contributed by atoms with van der Waals surface area (Å²) >= 11 is 0. The van der Waals surface area contributed by atoms with Gasteiger partial charge in [0.2, 0.25) is 6.41 Å². The first-order chi connectivity index (χ1) is 6.24. The van der Waals surface area contributed by atoms with Gasteiger partial charge in [-0.3, -0.25) is 20.4 Å². The molecule has 0 fully saturated rings. The molecule has 1 aromatic carbocycles. The summed E-state index contributed by atoms with van der Waals surface area (Å²) in [5, 5.41) is 0. The maximum atomic E-state index is 11.2. The van der Waals surface area contributed by atoms with Gasteiger partial charge in [-0.2, -0.15) is 0 Å². The molecule has 1 aromatic rings. The third-order valence-corrected chi connectivity index (χ3v) is 1.39. The fraction of sp³-hybridized carbons (Fsp3) is 0. The Kier molecular flexibility index (Phi) is 2.86. The minimum atomic E-state index is -0.403. The van der Waals surface area contributed by atoms with Gasteiger partial charge in [0.1, 0.15) is 0 Å². The number of nitrogen functional groups attached to an aromatic ring is 1. The molecule has 68 valence electrons. The van der Waals surface area contributed by atoms with Gasteiger partial charge >= 0.3 is 0 Å². The Hall–Kier alpha value is -2.04. The highest BCUT2D eigenvalue weighted by Gasteiger charge is 2.03. The van der Waals surface area contributed by atoms with E-state index in [1.54, 1.807) is 18.2 Å². The van der Waals surface area contributed by atoms with Gasteiger partial charge in [0.05, 0.1) is 0 Å². The molecule has 0 spiro atoms. The van der Waals surface area contributed by atoms with Crippen molar-refractivity contribution in [2.24, 2.45) is 0 Å². The zero-order valence-corrected chi connectivity index (χ0v) is 6.78. The number of nitrogens with one attached hydrogen (secondary N) is 2. The Labute approximate surface area is 74.9 Å². The number of hydrazine groups is 1. The molecule has 0 aliphatic carbocycles. The predicted octanol–water partition coefficient (Wildman–Crippen LogP) is -0.340. The van der Waals surface area contributed by atoms with Gasteiger partial charge in [0.15, 0.2) is 0 Å². The van der Waals surface area contributed by atoms with Crippen molar-refractivity contribution in [2.75, 3.05) is 5.73 Å². The number of carbonyl (C=O) groups excluding carboxylic acids is 2. The summed E-state index contributed by atoms with van der Waals surface area (Å²) in [5.74, 6) is -0.403. The Morgan fingerprint density at radius 3 is 2.85 bits per heavy atom. The molecule has 1 rings (SSSR count). The molecule has 0 radical (unpaired) electrons. The number of benzene rings is 1. The Morgan fingerprint density at radius 2 is 2.23 bits per heavy atom. The molecule has 0 saturated heterocycles. The van der Waals surface area contributed by atoms with Crippen molar-refractivity contribution >= 4 is 18.0 Å². The zero-order valence-electron chi connectivity index (χ0n) is 6.78. The Balaban J connectivity index is 2.71. The molecule has 4 N–H and O–H groups in total. The second-order valence-corrected chi connectivity index (χ2v) is 2.34. The molecule has 5 nitrogen and oxygen atoms in total. The van der Waals surface area contributed by atoms with Gasteiger partial charge in [0.25, 0.3) is 5.91 Å². The average Bonchev–Trinajstić information content (AvgIpc) is 2.14. The summed E-state index contributed by atoms with van der Waals surface area (Å²) in [5.41, 5.74) is 10.6. The lowest BCUT2D eigenvalue weighted by Crippen LogP contribution is -2.36. The highest BCUT2D eigenvalue weighted by Crippen LogP contribution is 2.05. The number of hydrogen-bond donors (Lipinski definition) is 3. The molecular weight excluding hydrogens is 170 g/mol. The predicted molar refractivity (Wildman–Crippen MR) is 47.5 cm³/mol. The quantitative estimate of drug-likeness (QED) is 0.337. The summed E-state index contributed by atoms with van der Waals surface area (Å²) in [7, 11) is 0. The first-order valence-electron chi connectivity index (χ1n) is 3.59. The molecule has 0 unspecified atom stereocenters. The monoisotopic (exact) mass is 179 g/mol. The van der Waals surface area contributed by atoms with Gasteiger partial charge in [-0.05, 0) is 18.2 Å². The standard InChI is InChI=1S/C8H9N3O2/c9-7-3-1-2-6(4-7)8(13)11-10-5-12/h1-5H,9H2,(H,10,12)(H,11,13). The highest BCUT2D eigenvalue weighted by molar-refractivity contribution is 5.95. The largest absolute Gasteiger partial charge is 0.399 e. The summed E-state index contributed by atoms with van der Waals surface area (Å²) in [4.78, 5) is 21.0. The van der Waals surface area contributed by atoms with E-state index in [0.717, 1.165) is 0 Å².